The van der Waals surface area contributed by atoms with Crippen LogP contribution in [0.15, 0.2) is 89.9 Å². The molecule has 1 aliphatic rings. The Labute approximate surface area is 224 Å². The van der Waals surface area contributed by atoms with Gasteiger partial charge in [-0.15, -0.1) is 11.3 Å². The molecule has 7 nitrogen and oxygen atoms in total. The Kier molecular flexibility index (Phi) is 7.24. The number of aromatic nitrogens is 1. The fraction of sp³-hybridized carbons (Fsp3) is 0.167. The van der Waals surface area contributed by atoms with Gasteiger partial charge in [0.2, 0.25) is 0 Å². The maximum Gasteiger partial charge on any atom is 0.301 e. The molecule has 1 N–H and O–H groups in total. The molecule has 0 unspecified atom stereocenters. The van der Waals surface area contributed by atoms with Crippen LogP contribution in [-0.4, -0.2) is 28.4 Å². The number of anilines is 1. The highest BCUT2D eigenvalue weighted by Gasteiger charge is 2.48. The maximum absolute atomic E-state index is 13.3. The third-order valence-electron chi connectivity index (χ3n) is 6.19. The first-order valence-electron chi connectivity index (χ1n) is 12.2. The van der Waals surface area contributed by atoms with Gasteiger partial charge in [-0.3, -0.25) is 14.5 Å². The lowest BCUT2D eigenvalue weighted by molar-refractivity contribution is -0.132. The number of aliphatic hydroxyl groups excluding tert-OH is 1. The van der Waals surface area contributed by atoms with E-state index < -0.39 is 17.7 Å². The van der Waals surface area contributed by atoms with Crippen molar-refractivity contribution in [3.05, 3.63) is 112 Å². The second-order valence-corrected chi connectivity index (χ2v) is 9.66. The standard InChI is InChI=1S/C30H26N2O5S/c1-3-36-23-11-7-21(8-12-23)26-25(28(34)29(35)32(26)30-31-15-16-38-30)27(33)22-9-13-24(14-10-22)37-18-20-6-4-5-19(2)17-20/h4-17,26,33H,3,18H2,1-2H3/b27-25+/t26-/m0/s1. The predicted molar refractivity (Wildman–Crippen MR) is 146 cm³/mol. The highest BCUT2D eigenvalue weighted by molar-refractivity contribution is 7.14. The van der Waals surface area contributed by atoms with Crippen molar-refractivity contribution in [1.82, 2.24) is 4.98 Å². The van der Waals surface area contributed by atoms with Crippen LogP contribution in [0.3, 0.4) is 0 Å². The van der Waals surface area contributed by atoms with Gasteiger partial charge < -0.3 is 14.6 Å². The summed E-state index contributed by atoms with van der Waals surface area (Å²) in [6.45, 7) is 4.84. The monoisotopic (exact) mass is 526 g/mol. The van der Waals surface area contributed by atoms with Gasteiger partial charge in [0.1, 0.15) is 23.9 Å². The molecule has 38 heavy (non-hydrogen) atoms. The normalized spacial score (nSPS) is 16.6. The molecule has 1 amide bonds. The van der Waals surface area contributed by atoms with Gasteiger partial charge in [0.15, 0.2) is 5.13 Å². The number of hydrogen-bond acceptors (Lipinski definition) is 7. The number of nitrogens with zero attached hydrogens (tertiary/aromatic N) is 2. The molecule has 5 rings (SSSR count). The third-order valence-corrected chi connectivity index (χ3v) is 6.96. The third kappa shape index (κ3) is 5.03. The second kappa shape index (κ2) is 10.9. The van der Waals surface area contributed by atoms with E-state index in [1.807, 2.05) is 32.0 Å². The summed E-state index contributed by atoms with van der Waals surface area (Å²) in [6, 6.07) is 21.2. The van der Waals surface area contributed by atoms with Gasteiger partial charge in [-0.25, -0.2) is 4.98 Å². The van der Waals surface area contributed by atoms with Crippen molar-refractivity contribution in [2.75, 3.05) is 11.5 Å². The highest BCUT2D eigenvalue weighted by Crippen LogP contribution is 2.43. The number of Topliss-reactive ketones (excluding diaryl/α,β-unsaturated/α-hetero) is 1. The minimum absolute atomic E-state index is 0.00258. The molecule has 0 radical (unpaired) electrons. The van der Waals surface area contributed by atoms with E-state index in [0.717, 1.165) is 11.1 Å². The summed E-state index contributed by atoms with van der Waals surface area (Å²) in [5.74, 6) is -0.473. The van der Waals surface area contributed by atoms with Gasteiger partial charge in [-0.1, -0.05) is 42.0 Å². The summed E-state index contributed by atoms with van der Waals surface area (Å²) in [6.07, 6.45) is 1.57. The Morgan fingerprint density at radius 2 is 1.71 bits per heavy atom. The van der Waals surface area contributed by atoms with E-state index in [2.05, 4.69) is 11.1 Å². The Bertz CT molecular complexity index is 1480. The topological polar surface area (TPSA) is 89.0 Å². The van der Waals surface area contributed by atoms with Crippen molar-refractivity contribution in [1.29, 1.82) is 0 Å². The summed E-state index contributed by atoms with van der Waals surface area (Å²) in [7, 11) is 0. The van der Waals surface area contributed by atoms with Crippen molar-refractivity contribution in [2.45, 2.75) is 26.5 Å². The van der Waals surface area contributed by atoms with E-state index in [-0.39, 0.29) is 11.3 Å². The summed E-state index contributed by atoms with van der Waals surface area (Å²) < 4.78 is 11.4. The van der Waals surface area contributed by atoms with Gasteiger partial charge in [0.25, 0.3) is 5.78 Å². The largest absolute Gasteiger partial charge is 0.507 e. The van der Waals surface area contributed by atoms with E-state index in [1.54, 1.807) is 60.1 Å². The van der Waals surface area contributed by atoms with Crippen LogP contribution in [0.4, 0.5) is 5.13 Å². The van der Waals surface area contributed by atoms with Crippen LogP contribution in [0.1, 0.15) is 35.2 Å². The van der Waals surface area contributed by atoms with Crippen LogP contribution in [0.2, 0.25) is 0 Å². The molecule has 1 aliphatic heterocycles. The lowest BCUT2D eigenvalue weighted by Crippen LogP contribution is -2.29. The molecule has 0 saturated carbocycles. The molecule has 192 valence electrons. The molecular formula is C30H26N2O5S. The molecule has 1 aromatic heterocycles. The fourth-order valence-corrected chi connectivity index (χ4v) is 5.09. The van der Waals surface area contributed by atoms with E-state index in [4.69, 9.17) is 9.47 Å². The molecule has 2 heterocycles. The van der Waals surface area contributed by atoms with Crippen molar-refractivity contribution < 1.29 is 24.2 Å². The number of benzene rings is 3. The molecule has 3 aromatic carbocycles. The Morgan fingerprint density at radius 1 is 1.00 bits per heavy atom. The minimum atomic E-state index is -0.839. The summed E-state index contributed by atoms with van der Waals surface area (Å²) in [5, 5.41) is 13.4. The number of carbonyl (C=O) groups is 2. The molecule has 1 saturated heterocycles. The van der Waals surface area contributed by atoms with Crippen molar-refractivity contribution in [3.8, 4) is 11.5 Å². The van der Waals surface area contributed by atoms with Crippen LogP contribution < -0.4 is 14.4 Å². The SMILES string of the molecule is CCOc1ccc([C@H]2/C(=C(\O)c3ccc(OCc4cccc(C)c4)cc3)C(=O)C(=O)N2c2nccs2)cc1. The molecular weight excluding hydrogens is 500 g/mol. The number of ether oxygens (including phenoxy) is 2. The minimum Gasteiger partial charge on any atom is -0.507 e. The van der Waals surface area contributed by atoms with Gasteiger partial charge in [0.05, 0.1) is 18.2 Å². The molecule has 0 spiro atoms. The van der Waals surface area contributed by atoms with Crippen LogP contribution in [0, 0.1) is 6.92 Å². The molecule has 1 atom stereocenters. The summed E-state index contributed by atoms with van der Waals surface area (Å²) in [4.78, 5) is 32.0. The van der Waals surface area contributed by atoms with Crippen LogP contribution >= 0.6 is 11.3 Å². The van der Waals surface area contributed by atoms with Gasteiger partial charge in [-0.2, -0.15) is 0 Å². The number of amides is 1. The number of rotatable bonds is 8. The zero-order valence-corrected chi connectivity index (χ0v) is 21.8. The Balaban J connectivity index is 1.48. The van der Waals surface area contributed by atoms with Gasteiger partial charge in [0, 0.05) is 17.1 Å². The first kappa shape index (κ1) is 25.2. The van der Waals surface area contributed by atoms with Crippen LogP contribution in [-0.2, 0) is 16.2 Å². The maximum atomic E-state index is 13.3. The number of aliphatic hydroxyl groups is 1. The van der Waals surface area contributed by atoms with Gasteiger partial charge in [-0.05, 0) is 61.4 Å². The summed E-state index contributed by atoms with van der Waals surface area (Å²) >= 11 is 1.25. The lowest BCUT2D eigenvalue weighted by atomic mass is 9.95. The number of ketones is 1. The smallest absolute Gasteiger partial charge is 0.301 e. The van der Waals surface area contributed by atoms with E-state index in [9.17, 15) is 14.7 Å². The highest BCUT2D eigenvalue weighted by atomic mass is 32.1. The van der Waals surface area contributed by atoms with Crippen molar-refractivity contribution in [2.24, 2.45) is 0 Å². The van der Waals surface area contributed by atoms with E-state index in [1.165, 1.54) is 16.2 Å². The molecule has 1 fully saturated rings. The first-order chi connectivity index (χ1) is 18.5. The predicted octanol–water partition coefficient (Wildman–Crippen LogP) is 6.06. The Hall–Kier alpha value is -4.43. The van der Waals surface area contributed by atoms with Crippen molar-refractivity contribution >= 4 is 33.9 Å². The molecule has 4 aromatic rings. The zero-order valence-electron chi connectivity index (χ0n) is 21.0. The molecule has 0 aliphatic carbocycles. The molecule has 8 heteroatoms. The number of aryl methyl sites for hydroxylation is 1. The zero-order chi connectivity index (χ0) is 26.6. The second-order valence-electron chi connectivity index (χ2n) is 8.79. The molecule has 0 bridgehead atoms. The number of carbonyl (C=O) groups excluding carboxylic acids is 2. The van der Waals surface area contributed by atoms with Crippen LogP contribution in [0.5, 0.6) is 11.5 Å². The quantitative estimate of drug-likeness (QED) is 0.171. The van der Waals surface area contributed by atoms with E-state index >= 15 is 0 Å². The van der Waals surface area contributed by atoms with Crippen molar-refractivity contribution in [3.63, 3.8) is 0 Å². The number of hydrogen-bond donors (Lipinski definition) is 1. The Morgan fingerprint density at radius 3 is 2.37 bits per heavy atom. The van der Waals surface area contributed by atoms with E-state index in [0.29, 0.717) is 41.0 Å². The first-order valence-corrected chi connectivity index (χ1v) is 13.1. The van der Waals surface area contributed by atoms with Crippen LogP contribution in [0.25, 0.3) is 5.76 Å². The fourth-order valence-electron chi connectivity index (χ4n) is 4.43. The lowest BCUT2D eigenvalue weighted by Gasteiger charge is -2.23. The average Bonchev–Trinajstić information content (AvgIpc) is 3.55. The number of thiazole rings is 1. The summed E-state index contributed by atoms with van der Waals surface area (Å²) in [5.41, 5.74) is 3.27. The average molecular weight is 527 g/mol. The van der Waals surface area contributed by atoms with Gasteiger partial charge >= 0.3 is 5.91 Å².